The minimum atomic E-state index is 0.260. The predicted molar refractivity (Wildman–Crippen MR) is 163 cm³/mol. The third-order valence-electron chi connectivity index (χ3n) is 8.93. The molecule has 0 saturated carbocycles. The van der Waals surface area contributed by atoms with Crippen LogP contribution < -0.4 is 0 Å². The van der Waals surface area contributed by atoms with E-state index < -0.39 is 0 Å². The van der Waals surface area contributed by atoms with Crippen LogP contribution in [0, 0.1) is 41.5 Å². The third-order valence-corrected chi connectivity index (χ3v) is 8.93. The van der Waals surface area contributed by atoms with Crippen LogP contribution in [0.3, 0.4) is 0 Å². The molecule has 0 heterocycles. The maximum absolute atomic E-state index is 2.48. The fraction of sp³-hybridized carbons (Fsp3) is 0.211. The van der Waals surface area contributed by atoms with Gasteiger partial charge >= 0.3 is 0 Å². The first-order valence-corrected chi connectivity index (χ1v) is 13.9. The van der Waals surface area contributed by atoms with Crippen molar-refractivity contribution in [2.45, 2.75) is 53.4 Å². The summed E-state index contributed by atoms with van der Waals surface area (Å²) in [6.07, 6.45) is 4.95. The number of hydrogen-bond donors (Lipinski definition) is 0. The van der Waals surface area contributed by atoms with E-state index >= 15 is 0 Å². The summed E-state index contributed by atoms with van der Waals surface area (Å²) in [7, 11) is 0. The van der Waals surface area contributed by atoms with Crippen molar-refractivity contribution in [2.24, 2.45) is 0 Å². The van der Waals surface area contributed by atoms with E-state index in [2.05, 4.69) is 126 Å². The molecule has 5 aromatic rings. The standard InChI is InChI=1S/C38H34/c1-21-17-23(3)33(24(4)18-21)35-29-13-9-10-14-30(29)36(34-25(5)19-22(2)20-26(34)6)38-32-16-15-31(37(35)38)27-11-7-8-12-28(27)32/h7-20,31-32H,1-6H3. The summed E-state index contributed by atoms with van der Waals surface area (Å²) in [4.78, 5) is 0. The summed E-state index contributed by atoms with van der Waals surface area (Å²) >= 11 is 0. The molecule has 0 amide bonds. The van der Waals surface area contributed by atoms with E-state index in [0.717, 1.165) is 0 Å². The molecule has 2 unspecified atom stereocenters. The third kappa shape index (κ3) is 3.16. The van der Waals surface area contributed by atoms with Crippen molar-refractivity contribution in [3.8, 4) is 22.3 Å². The van der Waals surface area contributed by atoms with Crippen LogP contribution in [0.5, 0.6) is 0 Å². The van der Waals surface area contributed by atoms with Crippen LogP contribution in [0.1, 0.15) is 67.5 Å². The van der Waals surface area contributed by atoms with Crippen molar-refractivity contribution in [1.82, 2.24) is 0 Å². The Morgan fingerprint density at radius 3 is 1.13 bits per heavy atom. The van der Waals surface area contributed by atoms with Crippen LogP contribution in [-0.2, 0) is 0 Å². The second-order valence-corrected chi connectivity index (χ2v) is 11.6. The molecule has 0 aliphatic heterocycles. The van der Waals surface area contributed by atoms with Gasteiger partial charge in [0.05, 0.1) is 0 Å². The number of hydrogen-bond acceptors (Lipinski definition) is 0. The molecule has 0 saturated heterocycles. The highest BCUT2D eigenvalue weighted by Gasteiger charge is 2.39. The molecule has 3 aliphatic carbocycles. The van der Waals surface area contributed by atoms with Gasteiger partial charge in [-0.05, 0) is 119 Å². The molecule has 0 N–H and O–H groups in total. The lowest BCUT2D eigenvalue weighted by Crippen LogP contribution is -2.23. The second-order valence-electron chi connectivity index (χ2n) is 11.6. The van der Waals surface area contributed by atoms with Crippen LogP contribution in [0.4, 0.5) is 0 Å². The second kappa shape index (κ2) is 8.30. The van der Waals surface area contributed by atoms with Gasteiger partial charge < -0.3 is 0 Å². The number of aryl methyl sites for hydroxylation is 6. The van der Waals surface area contributed by atoms with E-state index in [4.69, 9.17) is 0 Å². The highest BCUT2D eigenvalue weighted by atomic mass is 14.4. The molecule has 0 aromatic heterocycles. The van der Waals surface area contributed by atoms with Crippen molar-refractivity contribution in [3.63, 3.8) is 0 Å². The summed E-state index contributed by atoms with van der Waals surface area (Å²) in [6, 6.07) is 27.7. The monoisotopic (exact) mass is 490 g/mol. The summed E-state index contributed by atoms with van der Waals surface area (Å²) in [5.41, 5.74) is 19.8. The first-order chi connectivity index (χ1) is 18.3. The molecule has 8 rings (SSSR count). The van der Waals surface area contributed by atoms with Gasteiger partial charge in [0.2, 0.25) is 0 Å². The van der Waals surface area contributed by atoms with Crippen LogP contribution in [0.25, 0.3) is 33.0 Å². The van der Waals surface area contributed by atoms with Gasteiger partial charge in [0.25, 0.3) is 0 Å². The fourth-order valence-corrected chi connectivity index (χ4v) is 7.82. The quantitative estimate of drug-likeness (QED) is 0.216. The van der Waals surface area contributed by atoms with E-state index in [1.807, 2.05) is 0 Å². The molecule has 0 nitrogen and oxygen atoms in total. The minimum absolute atomic E-state index is 0.260. The molecule has 3 aliphatic rings. The fourth-order valence-electron chi connectivity index (χ4n) is 7.82. The van der Waals surface area contributed by atoms with Gasteiger partial charge in [-0.3, -0.25) is 0 Å². The topological polar surface area (TPSA) is 0 Å². The van der Waals surface area contributed by atoms with Crippen molar-refractivity contribution in [3.05, 3.63) is 141 Å². The Kier molecular flexibility index (Phi) is 5.08. The normalized spacial score (nSPS) is 17.1. The van der Waals surface area contributed by atoms with E-state index in [0.29, 0.717) is 0 Å². The maximum Gasteiger partial charge on any atom is 0.0282 e. The molecule has 0 fully saturated rings. The Bertz CT molecular complexity index is 1650. The zero-order chi connectivity index (χ0) is 26.3. The highest BCUT2D eigenvalue weighted by Crippen LogP contribution is 2.58. The number of rotatable bonds is 2. The van der Waals surface area contributed by atoms with Gasteiger partial charge in [0, 0.05) is 11.8 Å². The van der Waals surface area contributed by atoms with E-state index in [1.165, 1.54) is 88.7 Å². The molecule has 2 atom stereocenters. The lowest BCUT2D eigenvalue weighted by molar-refractivity contribution is 0.817. The largest absolute Gasteiger partial charge is 0.0757 e. The van der Waals surface area contributed by atoms with Crippen LogP contribution in [0.15, 0.2) is 84.9 Å². The zero-order valence-electron chi connectivity index (χ0n) is 23.2. The van der Waals surface area contributed by atoms with Crippen molar-refractivity contribution in [2.75, 3.05) is 0 Å². The van der Waals surface area contributed by atoms with Crippen LogP contribution >= 0.6 is 0 Å². The van der Waals surface area contributed by atoms with Crippen LogP contribution in [0.2, 0.25) is 0 Å². The van der Waals surface area contributed by atoms with E-state index in [-0.39, 0.29) is 11.8 Å². The number of allylic oxidation sites excluding steroid dienone is 2. The predicted octanol–water partition coefficient (Wildman–Crippen LogP) is 10.2. The maximum atomic E-state index is 2.48. The van der Waals surface area contributed by atoms with Crippen LogP contribution in [-0.4, -0.2) is 0 Å². The Hall–Kier alpha value is -3.90. The highest BCUT2D eigenvalue weighted by molar-refractivity contribution is 6.10. The molecular formula is C38H34. The summed E-state index contributed by atoms with van der Waals surface area (Å²) in [5, 5.41) is 2.74. The Morgan fingerprint density at radius 1 is 0.421 bits per heavy atom. The SMILES string of the molecule is Cc1cc(C)c(-c2c3c(c(-c4c(C)cc(C)cc4C)c4ccccc24)C2C=CC3c3ccccc32)c(C)c1. The molecule has 0 spiro atoms. The van der Waals surface area contributed by atoms with E-state index in [1.54, 1.807) is 0 Å². The molecular weight excluding hydrogens is 456 g/mol. The Morgan fingerprint density at radius 2 is 0.763 bits per heavy atom. The van der Waals surface area contributed by atoms with Crippen molar-refractivity contribution >= 4 is 10.8 Å². The first kappa shape index (κ1) is 23.2. The average molecular weight is 491 g/mol. The summed E-state index contributed by atoms with van der Waals surface area (Å²) < 4.78 is 0. The lowest BCUT2D eigenvalue weighted by atomic mass is 9.62. The van der Waals surface area contributed by atoms with Gasteiger partial charge in [-0.15, -0.1) is 0 Å². The zero-order valence-corrected chi connectivity index (χ0v) is 23.2. The molecule has 5 aromatic carbocycles. The van der Waals surface area contributed by atoms with Gasteiger partial charge in [0.1, 0.15) is 0 Å². The molecule has 38 heavy (non-hydrogen) atoms. The first-order valence-electron chi connectivity index (χ1n) is 13.9. The molecule has 186 valence electrons. The van der Waals surface area contributed by atoms with E-state index in [9.17, 15) is 0 Å². The van der Waals surface area contributed by atoms with Crippen molar-refractivity contribution in [1.29, 1.82) is 0 Å². The Labute approximate surface area is 226 Å². The molecule has 0 radical (unpaired) electrons. The molecule has 0 heteroatoms. The number of benzene rings is 5. The van der Waals surface area contributed by atoms with Crippen molar-refractivity contribution < 1.29 is 0 Å². The van der Waals surface area contributed by atoms with Gasteiger partial charge in [-0.2, -0.15) is 0 Å². The minimum Gasteiger partial charge on any atom is -0.0757 e. The van der Waals surface area contributed by atoms with Gasteiger partial charge in [-0.1, -0.05) is 96.1 Å². The Balaban J connectivity index is 1.73. The summed E-state index contributed by atoms with van der Waals surface area (Å²) in [6.45, 7) is 13.6. The smallest absolute Gasteiger partial charge is 0.0282 e. The average Bonchev–Trinajstić information content (AvgIpc) is 2.88. The summed E-state index contributed by atoms with van der Waals surface area (Å²) in [5.74, 6) is 0.520. The number of fused-ring (bicyclic) bond motifs is 1. The molecule has 2 bridgehead atoms. The van der Waals surface area contributed by atoms with Gasteiger partial charge in [0.15, 0.2) is 0 Å². The lowest BCUT2D eigenvalue weighted by Gasteiger charge is -2.40. The van der Waals surface area contributed by atoms with Gasteiger partial charge in [-0.25, -0.2) is 0 Å².